The average molecular weight is 355 g/mol. The molecule has 0 aliphatic carbocycles. The summed E-state index contributed by atoms with van der Waals surface area (Å²) in [6.45, 7) is 0. The Morgan fingerprint density at radius 1 is 1.12 bits per heavy atom. The zero-order chi connectivity index (χ0) is 17.8. The molecule has 0 atom stereocenters. The van der Waals surface area contributed by atoms with Crippen LogP contribution >= 0.6 is 11.3 Å². The van der Waals surface area contributed by atoms with Gasteiger partial charge in [-0.15, -0.1) is 4.91 Å². The number of nitro benzene ring substituents is 1. The highest BCUT2D eigenvalue weighted by Gasteiger charge is 2.17. The van der Waals surface area contributed by atoms with Crippen molar-refractivity contribution in [2.45, 2.75) is 0 Å². The van der Waals surface area contributed by atoms with E-state index in [9.17, 15) is 19.8 Å². The average Bonchev–Trinajstić information content (AvgIpc) is 3.06. The van der Waals surface area contributed by atoms with Crippen molar-refractivity contribution in [2.75, 3.05) is 0 Å². The smallest absolute Gasteiger partial charge is 0.269 e. The topological polar surface area (TPSA) is 120 Å². The number of nitroso groups, excluding NO2 is 1. The van der Waals surface area contributed by atoms with Crippen molar-refractivity contribution in [2.24, 2.45) is 10.4 Å². The Hall–Kier alpha value is -3.53. The predicted molar refractivity (Wildman–Crippen MR) is 89.3 cm³/mol. The molecule has 2 aromatic carbocycles. The van der Waals surface area contributed by atoms with E-state index in [0.717, 1.165) is 11.3 Å². The molecular weight excluding hydrogens is 346 g/mol. The summed E-state index contributed by atoms with van der Waals surface area (Å²) in [6, 6.07) is 14.0. The van der Waals surface area contributed by atoms with E-state index in [4.69, 9.17) is 0 Å². The summed E-state index contributed by atoms with van der Waals surface area (Å²) in [6.07, 6.45) is 0. The van der Waals surface area contributed by atoms with Crippen LogP contribution in [-0.2, 0) is 0 Å². The van der Waals surface area contributed by atoms with Crippen LogP contribution in [0.25, 0.3) is 5.69 Å². The van der Waals surface area contributed by atoms with Gasteiger partial charge in [0.15, 0.2) is 5.01 Å². The molecule has 0 saturated carbocycles. The molecule has 0 aliphatic rings. The van der Waals surface area contributed by atoms with Crippen LogP contribution in [0.2, 0.25) is 0 Å². The summed E-state index contributed by atoms with van der Waals surface area (Å²) in [5.74, 6) is -0.325. The van der Waals surface area contributed by atoms with Crippen LogP contribution in [0, 0.1) is 15.0 Å². The Labute approximate surface area is 144 Å². The van der Waals surface area contributed by atoms with Crippen LogP contribution in [-0.4, -0.2) is 20.5 Å². The molecular formula is C15H9N5O4S. The lowest BCUT2D eigenvalue weighted by Gasteiger charge is -2.00. The van der Waals surface area contributed by atoms with E-state index in [1.807, 2.05) is 0 Å². The summed E-state index contributed by atoms with van der Waals surface area (Å²) in [7, 11) is 0. The van der Waals surface area contributed by atoms with Crippen molar-refractivity contribution in [3.05, 3.63) is 85.0 Å². The van der Waals surface area contributed by atoms with Crippen LogP contribution in [0.4, 0.5) is 5.69 Å². The number of hydrogen-bond donors (Lipinski definition) is 0. The Kier molecular flexibility index (Phi) is 4.53. The van der Waals surface area contributed by atoms with Gasteiger partial charge in [-0.2, -0.15) is 5.10 Å². The molecule has 1 heterocycles. The SMILES string of the molecule is O=N/N=c1\sc(C(=O)c2ccccc2)nn1-c1ccc([N+](=O)[O-])cc1. The predicted octanol–water partition coefficient (Wildman–Crippen LogP) is 2.66. The van der Waals surface area contributed by atoms with E-state index in [2.05, 4.69) is 15.5 Å². The van der Waals surface area contributed by atoms with Gasteiger partial charge in [0, 0.05) is 17.7 Å². The van der Waals surface area contributed by atoms with Crippen molar-refractivity contribution < 1.29 is 9.72 Å². The molecule has 0 spiro atoms. The third kappa shape index (κ3) is 3.38. The van der Waals surface area contributed by atoms with E-state index >= 15 is 0 Å². The van der Waals surface area contributed by atoms with E-state index in [-0.39, 0.29) is 21.3 Å². The number of non-ortho nitro benzene ring substituents is 1. The third-order valence-electron chi connectivity index (χ3n) is 3.22. The van der Waals surface area contributed by atoms with Gasteiger partial charge < -0.3 is 0 Å². The van der Waals surface area contributed by atoms with Gasteiger partial charge in [-0.1, -0.05) is 46.8 Å². The monoisotopic (exact) mass is 355 g/mol. The highest BCUT2D eigenvalue weighted by Crippen LogP contribution is 2.16. The summed E-state index contributed by atoms with van der Waals surface area (Å²) in [5, 5.41) is 21.0. The minimum atomic E-state index is -0.530. The Morgan fingerprint density at radius 2 is 1.80 bits per heavy atom. The molecule has 3 rings (SSSR count). The molecule has 0 unspecified atom stereocenters. The fraction of sp³-hybridized carbons (Fsp3) is 0. The zero-order valence-electron chi connectivity index (χ0n) is 12.5. The van der Waals surface area contributed by atoms with E-state index in [0.29, 0.717) is 11.3 Å². The summed E-state index contributed by atoms with van der Waals surface area (Å²) in [5.41, 5.74) is 0.765. The quantitative estimate of drug-likeness (QED) is 0.301. The van der Waals surface area contributed by atoms with E-state index in [1.165, 1.54) is 28.9 Å². The molecule has 124 valence electrons. The van der Waals surface area contributed by atoms with Crippen LogP contribution < -0.4 is 4.80 Å². The van der Waals surface area contributed by atoms with Gasteiger partial charge in [-0.3, -0.25) is 14.9 Å². The summed E-state index contributed by atoms with van der Waals surface area (Å²) in [4.78, 5) is 33.3. The number of ketones is 1. The van der Waals surface area contributed by atoms with Crippen molar-refractivity contribution in [1.82, 2.24) is 9.78 Å². The lowest BCUT2D eigenvalue weighted by atomic mass is 10.1. The summed E-state index contributed by atoms with van der Waals surface area (Å²) < 4.78 is 1.24. The van der Waals surface area contributed by atoms with Gasteiger partial charge in [0.05, 0.1) is 15.9 Å². The molecule has 0 saturated heterocycles. The van der Waals surface area contributed by atoms with Gasteiger partial charge in [0.25, 0.3) is 5.69 Å². The maximum Gasteiger partial charge on any atom is 0.269 e. The normalized spacial score (nSPS) is 11.3. The number of hydrogen-bond acceptors (Lipinski definition) is 7. The molecule has 10 heteroatoms. The number of aromatic nitrogens is 2. The molecule has 25 heavy (non-hydrogen) atoms. The minimum absolute atomic E-state index is 0.0862. The van der Waals surface area contributed by atoms with Gasteiger partial charge in [0.2, 0.25) is 10.6 Å². The highest BCUT2D eigenvalue weighted by molar-refractivity contribution is 7.11. The maximum absolute atomic E-state index is 12.5. The summed E-state index contributed by atoms with van der Waals surface area (Å²) >= 11 is 0.900. The van der Waals surface area contributed by atoms with Crippen molar-refractivity contribution in [1.29, 1.82) is 0 Å². The molecule has 3 aromatic rings. The molecule has 0 aliphatic heterocycles. The van der Waals surface area contributed by atoms with Gasteiger partial charge in [0.1, 0.15) is 0 Å². The van der Waals surface area contributed by atoms with Crippen molar-refractivity contribution in [3.8, 4) is 5.69 Å². The second-order valence-electron chi connectivity index (χ2n) is 4.75. The van der Waals surface area contributed by atoms with Gasteiger partial charge >= 0.3 is 0 Å². The number of nitro groups is 1. The first-order chi connectivity index (χ1) is 12.1. The number of benzene rings is 2. The molecule has 0 radical (unpaired) electrons. The highest BCUT2D eigenvalue weighted by atomic mass is 32.1. The Bertz CT molecular complexity index is 1010. The van der Waals surface area contributed by atoms with Crippen LogP contribution in [0.5, 0.6) is 0 Å². The minimum Gasteiger partial charge on any atom is -0.286 e. The second kappa shape index (κ2) is 6.93. The Balaban J connectivity index is 2.06. The first kappa shape index (κ1) is 16.3. The molecule has 0 N–H and O–H groups in total. The molecule has 0 amide bonds. The lowest BCUT2D eigenvalue weighted by Crippen LogP contribution is -2.14. The second-order valence-corrected chi connectivity index (χ2v) is 5.71. The number of nitrogens with zero attached hydrogens (tertiary/aromatic N) is 5. The van der Waals surface area contributed by atoms with E-state index in [1.54, 1.807) is 30.3 Å². The largest absolute Gasteiger partial charge is 0.286 e. The number of rotatable bonds is 5. The fourth-order valence-corrected chi connectivity index (χ4v) is 2.88. The first-order valence-corrected chi connectivity index (χ1v) is 7.73. The first-order valence-electron chi connectivity index (χ1n) is 6.91. The van der Waals surface area contributed by atoms with Crippen LogP contribution in [0.15, 0.2) is 65.0 Å². The standard InChI is InChI=1S/C15H9N5O4S/c21-13(10-4-2-1-3-5-10)14-17-19(15(25-14)16-18-22)11-6-8-12(9-7-11)20(23)24/h1-9H/b16-15-. The van der Waals surface area contributed by atoms with Crippen LogP contribution in [0.3, 0.4) is 0 Å². The third-order valence-corrected chi connectivity index (χ3v) is 4.12. The van der Waals surface area contributed by atoms with Gasteiger partial charge in [-0.05, 0) is 12.1 Å². The molecule has 1 aromatic heterocycles. The molecule has 9 nitrogen and oxygen atoms in total. The lowest BCUT2D eigenvalue weighted by molar-refractivity contribution is -0.384. The van der Waals surface area contributed by atoms with Crippen molar-refractivity contribution in [3.63, 3.8) is 0 Å². The fourth-order valence-electron chi connectivity index (χ4n) is 2.07. The zero-order valence-corrected chi connectivity index (χ0v) is 13.3. The van der Waals surface area contributed by atoms with Crippen molar-refractivity contribution >= 4 is 22.8 Å². The Morgan fingerprint density at radius 3 is 2.40 bits per heavy atom. The van der Waals surface area contributed by atoms with E-state index < -0.39 is 4.92 Å². The molecule has 0 fully saturated rings. The number of carbonyl (C=O) groups is 1. The van der Waals surface area contributed by atoms with Crippen LogP contribution in [0.1, 0.15) is 15.4 Å². The maximum atomic E-state index is 12.5. The van der Waals surface area contributed by atoms with Gasteiger partial charge in [-0.25, -0.2) is 4.68 Å². The number of carbonyl (C=O) groups excluding carboxylic acids is 1. The molecule has 0 bridgehead atoms.